The lowest BCUT2D eigenvalue weighted by Crippen LogP contribution is -2.41. The van der Waals surface area contributed by atoms with E-state index < -0.39 is 15.9 Å². The van der Waals surface area contributed by atoms with Crippen LogP contribution in [0.15, 0.2) is 0 Å². The fraction of sp³-hybridized carbons (Fsp3) is 0.900. The van der Waals surface area contributed by atoms with Gasteiger partial charge in [-0.05, 0) is 25.7 Å². The first-order valence-electron chi connectivity index (χ1n) is 5.86. The molecule has 0 aromatic rings. The van der Waals surface area contributed by atoms with E-state index in [0.29, 0.717) is 18.9 Å². The molecule has 0 spiro atoms. The minimum absolute atomic E-state index is 0.108. The number of hydrogen-bond donors (Lipinski definition) is 2. The van der Waals surface area contributed by atoms with Crippen LogP contribution >= 0.6 is 0 Å². The number of nitrogens with one attached hydrogen (secondary N) is 2. The molecule has 0 aliphatic heterocycles. The van der Waals surface area contributed by atoms with Gasteiger partial charge in [0.15, 0.2) is 0 Å². The summed E-state index contributed by atoms with van der Waals surface area (Å²) in [7, 11) is -3.37. The van der Waals surface area contributed by atoms with Crippen LogP contribution in [0.4, 0.5) is 0 Å². The van der Waals surface area contributed by atoms with Crippen molar-refractivity contribution in [1.29, 1.82) is 0 Å². The summed E-state index contributed by atoms with van der Waals surface area (Å²) in [5.74, 6) is -0.432. The molecule has 0 saturated heterocycles. The second kappa shape index (κ2) is 4.71. The van der Waals surface area contributed by atoms with Crippen LogP contribution in [-0.4, -0.2) is 32.2 Å². The van der Waals surface area contributed by atoms with E-state index >= 15 is 0 Å². The van der Waals surface area contributed by atoms with Gasteiger partial charge in [0.25, 0.3) is 0 Å². The molecule has 0 aromatic heterocycles. The molecule has 2 rings (SSSR count). The number of rotatable bonds is 5. The Kier molecular flexibility index (Phi) is 3.49. The van der Waals surface area contributed by atoms with E-state index in [2.05, 4.69) is 10.0 Å². The lowest BCUT2D eigenvalue weighted by atomic mass is 10.2. The van der Waals surface area contributed by atoms with E-state index in [0.717, 1.165) is 12.8 Å². The summed E-state index contributed by atoms with van der Waals surface area (Å²) in [6.07, 6.45) is 5.92. The predicted molar refractivity (Wildman–Crippen MR) is 60.3 cm³/mol. The summed E-state index contributed by atoms with van der Waals surface area (Å²) in [5, 5.41) is 2.76. The Bertz CT molecular complexity index is 356. The van der Waals surface area contributed by atoms with Gasteiger partial charge in [0.1, 0.15) is 0 Å². The first-order valence-corrected chi connectivity index (χ1v) is 7.40. The van der Waals surface area contributed by atoms with Crippen LogP contribution in [0.3, 0.4) is 0 Å². The summed E-state index contributed by atoms with van der Waals surface area (Å²) in [4.78, 5) is 11.4. The Balaban J connectivity index is 1.71. The van der Waals surface area contributed by atoms with Crippen molar-refractivity contribution in [1.82, 2.24) is 10.0 Å². The monoisotopic (exact) mass is 246 g/mol. The lowest BCUT2D eigenvalue weighted by molar-refractivity contribution is -0.118. The average molecular weight is 246 g/mol. The van der Waals surface area contributed by atoms with Crippen LogP contribution in [-0.2, 0) is 14.8 Å². The summed E-state index contributed by atoms with van der Waals surface area (Å²) < 4.78 is 25.0. The van der Waals surface area contributed by atoms with Crippen molar-refractivity contribution in [2.45, 2.75) is 49.8 Å². The molecule has 0 aromatic carbocycles. The molecule has 0 bridgehead atoms. The molecule has 2 aliphatic carbocycles. The highest BCUT2D eigenvalue weighted by atomic mass is 32.2. The van der Waals surface area contributed by atoms with Crippen molar-refractivity contribution in [3.05, 3.63) is 0 Å². The van der Waals surface area contributed by atoms with Crippen LogP contribution < -0.4 is 10.0 Å². The number of amides is 1. The summed E-state index contributed by atoms with van der Waals surface area (Å²) in [6.45, 7) is 0.108. The Labute approximate surface area is 96.0 Å². The molecule has 92 valence electrons. The largest absolute Gasteiger partial charge is 0.306 e. The maximum absolute atomic E-state index is 11.4. The minimum atomic E-state index is -3.37. The van der Waals surface area contributed by atoms with Gasteiger partial charge in [0.05, 0.1) is 11.8 Å². The zero-order chi connectivity index (χ0) is 11.6. The van der Waals surface area contributed by atoms with Crippen LogP contribution in [0.1, 0.15) is 38.5 Å². The molecule has 6 heteroatoms. The standard InChI is InChI=1S/C10H18N2O3S/c13-10(7-11-8-3-1-2-4-8)12-16(14,15)9-5-6-9/h8-9,11H,1-7H2,(H,12,13). The zero-order valence-electron chi connectivity index (χ0n) is 9.24. The third-order valence-electron chi connectivity index (χ3n) is 3.13. The van der Waals surface area contributed by atoms with Crippen molar-refractivity contribution in [3.8, 4) is 0 Å². The summed E-state index contributed by atoms with van der Waals surface area (Å²) >= 11 is 0. The first-order chi connectivity index (χ1) is 7.58. The fourth-order valence-corrected chi connectivity index (χ4v) is 3.34. The van der Waals surface area contributed by atoms with E-state index in [1.165, 1.54) is 12.8 Å². The minimum Gasteiger partial charge on any atom is -0.306 e. The summed E-state index contributed by atoms with van der Waals surface area (Å²) in [6, 6.07) is 0.384. The molecule has 2 saturated carbocycles. The van der Waals surface area contributed by atoms with Crippen LogP contribution in [0.5, 0.6) is 0 Å². The van der Waals surface area contributed by atoms with Gasteiger partial charge in [0.2, 0.25) is 15.9 Å². The second-order valence-electron chi connectivity index (χ2n) is 4.63. The van der Waals surface area contributed by atoms with Crippen molar-refractivity contribution in [2.75, 3.05) is 6.54 Å². The summed E-state index contributed by atoms with van der Waals surface area (Å²) in [5.41, 5.74) is 0. The number of hydrogen-bond acceptors (Lipinski definition) is 4. The Morgan fingerprint density at radius 3 is 2.31 bits per heavy atom. The van der Waals surface area contributed by atoms with Gasteiger partial charge in [0, 0.05) is 6.04 Å². The van der Waals surface area contributed by atoms with Gasteiger partial charge in [-0.3, -0.25) is 9.52 Å². The lowest BCUT2D eigenvalue weighted by Gasteiger charge is -2.11. The van der Waals surface area contributed by atoms with Gasteiger partial charge in [-0.2, -0.15) is 0 Å². The average Bonchev–Trinajstić information content (AvgIpc) is 2.94. The molecule has 1 amide bonds. The van der Waals surface area contributed by atoms with Crippen LogP contribution in [0.2, 0.25) is 0 Å². The third-order valence-corrected chi connectivity index (χ3v) is 4.99. The van der Waals surface area contributed by atoms with Crippen LogP contribution in [0.25, 0.3) is 0 Å². The zero-order valence-corrected chi connectivity index (χ0v) is 10.1. The third kappa shape index (κ3) is 3.18. The van der Waals surface area contributed by atoms with Crippen LogP contribution in [0, 0.1) is 0 Å². The van der Waals surface area contributed by atoms with Crippen molar-refractivity contribution in [3.63, 3.8) is 0 Å². The first kappa shape index (κ1) is 11.9. The molecular weight excluding hydrogens is 228 g/mol. The highest BCUT2D eigenvalue weighted by Gasteiger charge is 2.36. The Hall–Kier alpha value is -0.620. The van der Waals surface area contributed by atoms with Gasteiger partial charge in [-0.1, -0.05) is 12.8 Å². The smallest absolute Gasteiger partial charge is 0.247 e. The van der Waals surface area contributed by atoms with Gasteiger partial charge in [-0.25, -0.2) is 8.42 Å². The molecule has 5 nitrogen and oxygen atoms in total. The van der Waals surface area contributed by atoms with Gasteiger partial charge in [-0.15, -0.1) is 0 Å². The molecule has 0 unspecified atom stereocenters. The van der Waals surface area contributed by atoms with Crippen molar-refractivity contribution >= 4 is 15.9 Å². The number of carbonyl (C=O) groups is 1. The molecule has 16 heavy (non-hydrogen) atoms. The molecule has 0 heterocycles. The quantitative estimate of drug-likeness (QED) is 0.723. The van der Waals surface area contributed by atoms with Crippen molar-refractivity contribution < 1.29 is 13.2 Å². The Morgan fingerprint density at radius 1 is 1.12 bits per heavy atom. The maximum Gasteiger partial charge on any atom is 0.247 e. The predicted octanol–water partition coefficient (Wildman–Crippen LogP) is 0.127. The van der Waals surface area contributed by atoms with E-state index in [1.54, 1.807) is 0 Å². The van der Waals surface area contributed by atoms with E-state index in [-0.39, 0.29) is 11.8 Å². The molecular formula is C10H18N2O3S. The van der Waals surface area contributed by atoms with E-state index in [4.69, 9.17) is 0 Å². The van der Waals surface area contributed by atoms with E-state index in [9.17, 15) is 13.2 Å². The topological polar surface area (TPSA) is 75.3 Å². The fourth-order valence-electron chi connectivity index (χ4n) is 2.02. The molecule has 0 atom stereocenters. The highest BCUT2D eigenvalue weighted by molar-refractivity contribution is 7.90. The number of carbonyl (C=O) groups excluding carboxylic acids is 1. The molecule has 2 aliphatic rings. The van der Waals surface area contributed by atoms with Crippen molar-refractivity contribution in [2.24, 2.45) is 0 Å². The normalized spacial score (nSPS) is 22.2. The van der Waals surface area contributed by atoms with Gasteiger partial charge < -0.3 is 5.32 Å². The number of sulfonamides is 1. The highest BCUT2D eigenvalue weighted by Crippen LogP contribution is 2.27. The second-order valence-corrected chi connectivity index (χ2v) is 6.59. The molecule has 0 radical (unpaired) electrons. The Morgan fingerprint density at radius 2 is 1.75 bits per heavy atom. The molecule has 2 fully saturated rings. The maximum atomic E-state index is 11.4. The SMILES string of the molecule is O=C(CNC1CCCC1)NS(=O)(=O)C1CC1. The van der Waals surface area contributed by atoms with E-state index in [1.807, 2.05) is 0 Å². The molecule has 2 N–H and O–H groups in total. The van der Waals surface area contributed by atoms with Gasteiger partial charge >= 0.3 is 0 Å².